The molecule has 0 aliphatic rings. The van der Waals surface area contributed by atoms with E-state index >= 15 is 0 Å². The summed E-state index contributed by atoms with van der Waals surface area (Å²) in [4.78, 5) is 4.52. The van der Waals surface area contributed by atoms with E-state index in [4.69, 9.17) is 16.3 Å². The SMILES string of the molecule is Clc1ccc2nc(NCCCOc3ccccc3)sc2c1. The second-order valence-electron chi connectivity index (χ2n) is 4.57. The lowest BCUT2D eigenvalue weighted by molar-refractivity contribution is 0.315. The number of rotatable bonds is 6. The van der Waals surface area contributed by atoms with E-state index in [1.165, 1.54) is 0 Å². The molecule has 1 N–H and O–H groups in total. The molecule has 0 spiro atoms. The van der Waals surface area contributed by atoms with Gasteiger partial charge in [-0.1, -0.05) is 41.1 Å². The monoisotopic (exact) mass is 318 g/mol. The van der Waals surface area contributed by atoms with E-state index in [1.807, 2.05) is 48.5 Å². The smallest absolute Gasteiger partial charge is 0.183 e. The van der Waals surface area contributed by atoms with Crippen molar-refractivity contribution < 1.29 is 4.74 Å². The molecule has 3 nitrogen and oxygen atoms in total. The summed E-state index contributed by atoms with van der Waals surface area (Å²) < 4.78 is 6.75. The van der Waals surface area contributed by atoms with E-state index < -0.39 is 0 Å². The Morgan fingerprint density at radius 2 is 2.00 bits per heavy atom. The van der Waals surface area contributed by atoms with Gasteiger partial charge in [-0.05, 0) is 36.8 Å². The lowest BCUT2D eigenvalue weighted by Gasteiger charge is -2.06. The van der Waals surface area contributed by atoms with Gasteiger partial charge in [-0.15, -0.1) is 0 Å². The molecule has 2 aromatic carbocycles. The van der Waals surface area contributed by atoms with Crippen LogP contribution in [0.5, 0.6) is 5.75 Å². The largest absolute Gasteiger partial charge is 0.494 e. The number of halogens is 1. The normalized spacial score (nSPS) is 10.7. The van der Waals surface area contributed by atoms with Crippen LogP contribution in [0.4, 0.5) is 5.13 Å². The van der Waals surface area contributed by atoms with Crippen molar-refractivity contribution in [2.45, 2.75) is 6.42 Å². The maximum absolute atomic E-state index is 5.97. The van der Waals surface area contributed by atoms with E-state index in [0.29, 0.717) is 6.61 Å². The number of hydrogen-bond donors (Lipinski definition) is 1. The summed E-state index contributed by atoms with van der Waals surface area (Å²) in [5, 5.41) is 4.99. The predicted octanol–water partition coefficient (Wildman–Crippen LogP) is 4.83. The number of fused-ring (bicyclic) bond motifs is 1. The fourth-order valence-corrected chi connectivity index (χ4v) is 3.12. The molecule has 0 aliphatic carbocycles. The van der Waals surface area contributed by atoms with Gasteiger partial charge in [0, 0.05) is 11.6 Å². The highest BCUT2D eigenvalue weighted by atomic mass is 35.5. The third-order valence-corrected chi connectivity index (χ3v) is 4.17. The fraction of sp³-hybridized carbons (Fsp3) is 0.188. The van der Waals surface area contributed by atoms with Gasteiger partial charge >= 0.3 is 0 Å². The van der Waals surface area contributed by atoms with Crippen LogP contribution in [0.15, 0.2) is 48.5 Å². The molecule has 0 saturated carbocycles. The first-order valence-corrected chi connectivity index (χ1v) is 7.98. The Morgan fingerprint density at radius 3 is 2.86 bits per heavy atom. The van der Waals surface area contributed by atoms with Crippen LogP contribution < -0.4 is 10.1 Å². The number of hydrogen-bond acceptors (Lipinski definition) is 4. The Hall–Kier alpha value is -1.78. The molecule has 0 amide bonds. The average Bonchev–Trinajstić information content (AvgIpc) is 2.90. The van der Waals surface area contributed by atoms with Crippen molar-refractivity contribution in [3.8, 4) is 5.75 Å². The Bertz CT molecular complexity index is 715. The Morgan fingerprint density at radius 1 is 1.14 bits per heavy atom. The van der Waals surface area contributed by atoms with Crippen LogP contribution >= 0.6 is 22.9 Å². The van der Waals surface area contributed by atoms with Gasteiger partial charge in [-0.3, -0.25) is 0 Å². The minimum Gasteiger partial charge on any atom is -0.494 e. The molecule has 21 heavy (non-hydrogen) atoms. The highest BCUT2D eigenvalue weighted by Gasteiger charge is 2.03. The van der Waals surface area contributed by atoms with Gasteiger partial charge in [0.15, 0.2) is 5.13 Å². The first-order chi connectivity index (χ1) is 10.3. The quantitative estimate of drug-likeness (QED) is 0.661. The van der Waals surface area contributed by atoms with Crippen molar-refractivity contribution in [1.29, 1.82) is 0 Å². The van der Waals surface area contributed by atoms with E-state index in [-0.39, 0.29) is 0 Å². The minimum atomic E-state index is 0.688. The zero-order valence-corrected chi connectivity index (χ0v) is 13.0. The minimum absolute atomic E-state index is 0.688. The molecule has 0 saturated heterocycles. The van der Waals surface area contributed by atoms with Crippen LogP contribution in [-0.4, -0.2) is 18.1 Å². The van der Waals surface area contributed by atoms with Crippen molar-refractivity contribution in [2.24, 2.45) is 0 Å². The molecular formula is C16H15ClN2OS. The zero-order chi connectivity index (χ0) is 14.5. The van der Waals surface area contributed by atoms with Crippen LogP contribution in [0.1, 0.15) is 6.42 Å². The third kappa shape index (κ3) is 3.86. The van der Waals surface area contributed by atoms with E-state index in [2.05, 4.69) is 10.3 Å². The summed E-state index contributed by atoms with van der Waals surface area (Å²) in [6.07, 6.45) is 0.922. The highest BCUT2D eigenvalue weighted by molar-refractivity contribution is 7.22. The van der Waals surface area contributed by atoms with E-state index in [1.54, 1.807) is 11.3 Å². The number of thiazole rings is 1. The second-order valence-corrected chi connectivity index (χ2v) is 6.04. The molecule has 0 aliphatic heterocycles. The number of ether oxygens (including phenoxy) is 1. The summed E-state index contributed by atoms with van der Waals surface area (Å²) in [6.45, 7) is 1.52. The van der Waals surface area contributed by atoms with Crippen LogP contribution in [0.2, 0.25) is 5.02 Å². The summed E-state index contributed by atoms with van der Waals surface area (Å²) in [5.41, 5.74) is 0.979. The fourth-order valence-electron chi connectivity index (χ4n) is 1.95. The van der Waals surface area contributed by atoms with Gasteiger partial charge in [0.25, 0.3) is 0 Å². The molecule has 108 valence electrons. The maximum Gasteiger partial charge on any atom is 0.183 e. The molecule has 5 heteroatoms. The number of aromatic nitrogens is 1. The Kier molecular flexibility index (Phi) is 4.58. The predicted molar refractivity (Wildman–Crippen MR) is 89.7 cm³/mol. The first-order valence-electron chi connectivity index (χ1n) is 6.79. The lowest BCUT2D eigenvalue weighted by Crippen LogP contribution is -2.06. The van der Waals surface area contributed by atoms with Crippen LogP contribution in [-0.2, 0) is 0 Å². The molecule has 0 unspecified atom stereocenters. The van der Waals surface area contributed by atoms with Crippen molar-refractivity contribution in [2.75, 3.05) is 18.5 Å². The van der Waals surface area contributed by atoms with Gasteiger partial charge < -0.3 is 10.1 Å². The van der Waals surface area contributed by atoms with Crippen molar-refractivity contribution in [3.05, 3.63) is 53.6 Å². The lowest BCUT2D eigenvalue weighted by atomic mass is 10.3. The molecule has 0 fully saturated rings. The standard InChI is InChI=1S/C16H15ClN2OS/c17-12-7-8-14-15(11-12)21-16(19-14)18-9-4-10-20-13-5-2-1-3-6-13/h1-3,5-8,11H,4,9-10H2,(H,18,19). The summed E-state index contributed by atoms with van der Waals surface area (Å²) in [6, 6.07) is 15.6. The molecule has 1 heterocycles. The molecule has 0 atom stereocenters. The molecule has 0 radical (unpaired) electrons. The molecule has 3 rings (SSSR count). The van der Waals surface area contributed by atoms with Crippen molar-refractivity contribution in [3.63, 3.8) is 0 Å². The van der Waals surface area contributed by atoms with Gasteiger partial charge in [-0.25, -0.2) is 4.98 Å². The molecule has 3 aromatic rings. The number of nitrogens with zero attached hydrogens (tertiary/aromatic N) is 1. The number of anilines is 1. The highest BCUT2D eigenvalue weighted by Crippen LogP contribution is 2.28. The number of benzene rings is 2. The zero-order valence-electron chi connectivity index (χ0n) is 11.4. The van der Waals surface area contributed by atoms with Crippen LogP contribution in [0.25, 0.3) is 10.2 Å². The molecular weight excluding hydrogens is 304 g/mol. The summed E-state index contributed by atoms with van der Waals surface area (Å²) >= 11 is 7.59. The van der Waals surface area contributed by atoms with Crippen molar-refractivity contribution >= 4 is 38.3 Å². The first kappa shape index (κ1) is 14.2. The maximum atomic E-state index is 5.97. The third-order valence-electron chi connectivity index (χ3n) is 2.96. The van der Waals surface area contributed by atoms with Crippen LogP contribution in [0, 0.1) is 0 Å². The Balaban J connectivity index is 1.46. The van der Waals surface area contributed by atoms with Gasteiger partial charge in [0.05, 0.1) is 16.8 Å². The van der Waals surface area contributed by atoms with E-state index in [0.717, 1.165) is 39.1 Å². The van der Waals surface area contributed by atoms with Crippen LogP contribution in [0.3, 0.4) is 0 Å². The molecule has 1 aromatic heterocycles. The number of nitrogens with one attached hydrogen (secondary N) is 1. The topological polar surface area (TPSA) is 34.2 Å². The van der Waals surface area contributed by atoms with Gasteiger partial charge in [-0.2, -0.15) is 0 Å². The van der Waals surface area contributed by atoms with Crippen molar-refractivity contribution in [1.82, 2.24) is 4.98 Å². The Labute approximate surface area is 132 Å². The second kappa shape index (κ2) is 6.78. The van der Waals surface area contributed by atoms with Gasteiger partial charge in [0.1, 0.15) is 5.75 Å². The van der Waals surface area contributed by atoms with Gasteiger partial charge in [0.2, 0.25) is 0 Å². The summed E-state index contributed by atoms with van der Waals surface area (Å²) in [7, 11) is 0. The average molecular weight is 319 g/mol. The molecule has 0 bridgehead atoms. The number of para-hydroxylation sites is 1. The summed E-state index contributed by atoms with van der Waals surface area (Å²) in [5.74, 6) is 0.909. The van der Waals surface area contributed by atoms with E-state index in [9.17, 15) is 0 Å².